The van der Waals surface area contributed by atoms with Crippen molar-refractivity contribution in [3.8, 4) is 22.5 Å². The van der Waals surface area contributed by atoms with Crippen LogP contribution in [-0.4, -0.2) is 5.91 Å². The molecule has 0 aliphatic heterocycles. The first-order valence-corrected chi connectivity index (χ1v) is 10.5. The minimum Gasteiger partial charge on any atom is -0.457 e. The van der Waals surface area contributed by atoms with Crippen molar-refractivity contribution >= 4 is 29.3 Å². The fourth-order valence-electron chi connectivity index (χ4n) is 3.91. The van der Waals surface area contributed by atoms with E-state index in [-0.39, 0.29) is 5.91 Å². The normalized spacial score (nSPS) is 12.1. The fraction of sp³-hybridized carbons (Fsp3) is 0.0741. The molecule has 0 unspecified atom stereocenters. The molecule has 0 atom stereocenters. The molecule has 0 saturated carbocycles. The lowest BCUT2D eigenvalue weighted by molar-refractivity contribution is -0.111. The second-order valence-electron chi connectivity index (χ2n) is 7.69. The van der Waals surface area contributed by atoms with E-state index < -0.39 is 0 Å². The molecule has 0 radical (unpaired) electrons. The van der Waals surface area contributed by atoms with Gasteiger partial charge in [0.25, 0.3) is 0 Å². The van der Waals surface area contributed by atoms with Crippen molar-refractivity contribution in [3.63, 3.8) is 0 Å². The molecule has 3 aromatic carbocycles. The topological polar surface area (TPSA) is 42.2 Å². The van der Waals surface area contributed by atoms with Crippen LogP contribution in [-0.2, 0) is 11.2 Å². The fourth-order valence-corrected chi connectivity index (χ4v) is 4.09. The summed E-state index contributed by atoms with van der Waals surface area (Å²) in [5.74, 6) is 1.11. The molecular weight excluding hydrogens is 406 g/mol. The molecule has 0 spiro atoms. The summed E-state index contributed by atoms with van der Waals surface area (Å²) < 4.78 is 5.84. The van der Waals surface area contributed by atoms with Gasteiger partial charge in [0.05, 0.1) is 0 Å². The Morgan fingerprint density at radius 2 is 1.81 bits per heavy atom. The lowest BCUT2D eigenvalue weighted by Crippen LogP contribution is -2.07. The third-order valence-corrected chi connectivity index (χ3v) is 5.95. The van der Waals surface area contributed by atoms with Crippen LogP contribution in [0, 0.1) is 6.92 Å². The first-order chi connectivity index (χ1) is 15.1. The van der Waals surface area contributed by atoms with Gasteiger partial charge in [0.2, 0.25) is 5.91 Å². The number of carbonyl (C=O) groups is 1. The zero-order chi connectivity index (χ0) is 21.4. The zero-order valence-electron chi connectivity index (χ0n) is 17.0. The molecule has 1 aliphatic carbocycles. The lowest BCUT2D eigenvalue weighted by atomic mass is 10.1. The van der Waals surface area contributed by atoms with Gasteiger partial charge in [-0.25, -0.2) is 0 Å². The Balaban J connectivity index is 1.27. The summed E-state index contributed by atoms with van der Waals surface area (Å²) >= 11 is 6.20. The van der Waals surface area contributed by atoms with Gasteiger partial charge in [-0.1, -0.05) is 54.1 Å². The number of amides is 1. The molecular formula is C27H20ClNO2. The second-order valence-corrected chi connectivity index (χ2v) is 8.10. The number of fused-ring (bicyclic) bond motifs is 3. The Kier molecular flexibility index (Phi) is 4.97. The van der Waals surface area contributed by atoms with E-state index in [9.17, 15) is 4.79 Å². The molecule has 4 heteroatoms. The van der Waals surface area contributed by atoms with Crippen LogP contribution in [0.4, 0.5) is 5.69 Å². The van der Waals surface area contributed by atoms with Gasteiger partial charge in [0.15, 0.2) is 0 Å². The SMILES string of the molecule is Cc1ccc(-c2ccc(/C=C/C(=O)Nc3ccc4c(c3)Cc3ccccc3-4)o2)cc1Cl. The number of benzene rings is 3. The minimum atomic E-state index is -0.202. The van der Waals surface area contributed by atoms with Crippen LogP contribution >= 0.6 is 11.6 Å². The van der Waals surface area contributed by atoms with E-state index in [0.717, 1.165) is 23.2 Å². The van der Waals surface area contributed by atoms with Gasteiger partial charge < -0.3 is 9.73 Å². The van der Waals surface area contributed by atoms with Crippen LogP contribution < -0.4 is 5.32 Å². The third kappa shape index (κ3) is 3.92. The summed E-state index contributed by atoms with van der Waals surface area (Å²) in [6, 6.07) is 24.0. The summed E-state index contributed by atoms with van der Waals surface area (Å²) in [5, 5.41) is 3.63. The van der Waals surface area contributed by atoms with Crippen LogP contribution in [0.5, 0.6) is 0 Å². The second kappa shape index (κ2) is 7.93. The first kappa shape index (κ1) is 19.4. The summed E-state index contributed by atoms with van der Waals surface area (Å²) in [7, 11) is 0. The average molecular weight is 426 g/mol. The highest BCUT2D eigenvalue weighted by Crippen LogP contribution is 2.37. The quantitative estimate of drug-likeness (QED) is 0.311. The molecule has 0 fully saturated rings. The first-order valence-electron chi connectivity index (χ1n) is 10.1. The number of hydrogen-bond acceptors (Lipinski definition) is 2. The Morgan fingerprint density at radius 1 is 0.968 bits per heavy atom. The van der Waals surface area contributed by atoms with Gasteiger partial charge in [-0.15, -0.1) is 0 Å². The molecule has 1 aromatic heterocycles. The molecule has 1 N–H and O–H groups in total. The Morgan fingerprint density at radius 3 is 2.68 bits per heavy atom. The molecule has 5 rings (SSSR count). The number of rotatable bonds is 4. The Bertz CT molecular complexity index is 1330. The average Bonchev–Trinajstić information content (AvgIpc) is 3.38. The molecule has 3 nitrogen and oxygen atoms in total. The molecule has 0 saturated heterocycles. The molecule has 4 aromatic rings. The smallest absolute Gasteiger partial charge is 0.248 e. The highest BCUT2D eigenvalue weighted by atomic mass is 35.5. The van der Waals surface area contributed by atoms with Crippen LogP contribution in [0.15, 0.2) is 83.3 Å². The van der Waals surface area contributed by atoms with E-state index in [4.69, 9.17) is 16.0 Å². The van der Waals surface area contributed by atoms with Gasteiger partial charge in [-0.2, -0.15) is 0 Å². The van der Waals surface area contributed by atoms with E-state index in [0.29, 0.717) is 16.5 Å². The van der Waals surface area contributed by atoms with Gasteiger partial charge in [0.1, 0.15) is 11.5 Å². The van der Waals surface area contributed by atoms with Gasteiger partial charge in [0, 0.05) is 22.3 Å². The summed E-state index contributed by atoms with van der Waals surface area (Å²) in [6.07, 6.45) is 4.04. The highest BCUT2D eigenvalue weighted by Gasteiger charge is 2.18. The van der Waals surface area contributed by atoms with E-state index in [1.165, 1.54) is 28.3 Å². The van der Waals surface area contributed by atoms with E-state index in [1.807, 2.05) is 49.4 Å². The number of furan rings is 1. The third-order valence-electron chi connectivity index (χ3n) is 5.54. The number of halogens is 1. The van der Waals surface area contributed by atoms with E-state index >= 15 is 0 Å². The summed E-state index contributed by atoms with van der Waals surface area (Å²) in [6.45, 7) is 1.96. The largest absolute Gasteiger partial charge is 0.457 e. The maximum atomic E-state index is 12.4. The van der Waals surface area contributed by atoms with E-state index in [2.05, 4.69) is 35.6 Å². The molecule has 1 heterocycles. The molecule has 1 aliphatic rings. The van der Waals surface area contributed by atoms with Crippen molar-refractivity contribution in [2.75, 3.05) is 5.32 Å². The number of carbonyl (C=O) groups excluding carboxylic acids is 1. The maximum absolute atomic E-state index is 12.4. The number of hydrogen-bond donors (Lipinski definition) is 1. The predicted molar refractivity (Wildman–Crippen MR) is 126 cm³/mol. The molecule has 0 bridgehead atoms. The van der Waals surface area contributed by atoms with Crippen molar-refractivity contribution in [2.45, 2.75) is 13.3 Å². The van der Waals surface area contributed by atoms with Gasteiger partial charge >= 0.3 is 0 Å². The monoisotopic (exact) mass is 425 g/mol. The molecule has 1 amide bonds. The van der Waals surface area contributed by atoms with Crippen LogP contribution in [0.1, 0.15) is 22.5 Å². The van der Waals surface area contributed by atoms with Crippen molar-refractivity contribution in [2.24, 2.45) is 0 Å². The van der Waals surface area contributed by atoms with Crippen LogP contribution in [0.3, 0.4) is 0 Å². The number of anilines is 1. The van der Waals surface area contributed by atoms with Crippen molar-refractivity contribution in [1.82, 2.24) is 0 Å². The highest BCUT2D eigenvalue weighted by molar-refractivity contribution is 6.31. The minimum absolute atomic E-state index is 0.202. The zero-order valence-corrected chi connectivity index (χ0v) is 17.7. The lowest BCUT2D eigenvalue weighted by Gasteiger charge is -2.06. The van der Waals surface area contributed by atoms with Crippen molar-refractivity contribution < 1.29 is 9.21 Å². The maximum Gasteiger partial charge on any atom is 0.248 e. The number of aryl methyl sites for hydroxylation is 1. The summed E-state index contributed by atoms with van der Waals surface area (Å²) in [5.41, 5.74) is 7.78. The van der Waals surface area contributed by atoms with Crippen LogP contribution in [0.2, 0.25) is 5.02 Å². The van der Waals surface area contributed by atoms with Gasteiger partial charge in [-0.05, 0) is 77.6 Å². The number of nitrogens with one attached hydrogen (secondary N) is 1. The Labute approximate surface area is 186 Å². The summed E-state index contributed by atoms with van der Waals surface area (Å²) in [4.78, 5) is 12.4. The molecule has 152 valence electrons. The van der Waals surface area contributed by atoms with Crippen molar-refractivity contribution in [3.05, 3.63) is 106 Å². The van der Waals surface area contributed by atoms with Gasteiger partial charge in [-0.3, -0.25) is 4.79 Å². The van der Waals surface area contributed by atoms with E-state index in [1.54, 1.807) is 6.08 Å². The van der Waals surface area contributed by atoms with Crippen LogP contribution in [0.25, 0.3) is 28.5 Å². The van der Waals surface area contributed by atoms with Crippen molar-refractivity contribution in [1.29, 1.82) is 0 Å². The predicted octanol–water partition coefficient (Wildman–Crippen LogP) is 7.13. The molecule has 31 heavy (non-hydrogen) atoms. The Hall–Kier alpha value is -3.56. The standard InChI is InChI=1S/C27H20ClNO2/c1-17-6-7-19(16-25(17)28)26-12-9-22(31-26)10-13-27(30)29-21-8-11-24-20(15-21)14-18-4-2-3-5-23(18)24/h2-13,15-16H,14H2,1H3,(H,29,30)/b13-10+.